The summed E-state index contributed by atoms with van der Waals surface area (Å²) < 4.78 is 0. The number of rotatable bonds is 8. The predicted molar refractivity (Wildman–Crippen MR) is 128 cm³/mol. The molecular formula is C23H36ClN3OS. The Hall–Kier alpha value is -1.20. The van der Waals surface area contributed by atoms with Crippen LogP contribution in [-0.4, -0.2) is 40.4 Å². The van der Waals surface area contributed by atoms with Gasteiger partial charge in [0.2, 0.25) is 5.91 Å². The van der Waals surface area contributed by atoms with E-state index in [9.17, 15) is 4.79 Å². The van der Waals surface area contributed by atoms with Crippen LogP contribution in [-0.2, 0) is 11.2 Å². The molecule has 1 amide bonds. The van der Waals surface area contributed by atoms with Gasteiger partial charge in [0.15, 0.2) is 5.17 Å². The molecule has 2 aliphatic rings. The minimum absolute atomic E-state index is 0. The van der Waals surface area contributed by atoms with Gasteiger partial charge >= 0.3 is 0 Å². The van der Waals surface area contributed by atoms with Crippen LogP contribution in [0, 0.1) is 0 Å². The normalized spacial score (nSPS) is 21.2. The molecular weight excluding hydrogens is 402 g/mol. The zero-order valence-corrected chi connectivity index (χ0v) is 19.5. The number of benzene rings is 1. The maximum atomic E-state index is 12.7. The fourth-order valence-electron chi connectivity index (χ4n) is 4.00. The Bertz CT molecular complexity index is 659. The first-order chi connectivity index (χ1) is 13.7. The Morgan fingerprint density at radius 1 is 1.17 bits per heavy atom. The van der Waals surface area contributed by atoms with Gasteiger partial charge in [-0.25, -0.2) is 0 Å². The van der Waals surface area contributed by atoms with Gasteiger partial charge in [-0.2, -0.15) is 0 Å². The summed E-state index contributed by atoms with van der Waals surface area (Å²) in [5, 5.41) is 4.26. The van der Waals surface area contributed by atoms with Gasteiger partial charge in [-0.3, -0.25) is 9.79 Å². The van der Waals surface area contributed by atoms with Gasteiger partial charge in [-0.1, -0.05) is 63.4 Å². The second-order valence-electron chi connectivity index (χ2n) is 8.02. The molecule has 0 bridgehead atoms. The number of nitrogens with one attached hydrogen (secondary N) is 1. The molecule has 0 spiro atoms. The first kappa shape index (κ1) is 24.1. The van der Waals surface area contributed by atoms with E-state index in [1.54, 1.807) is 0 Å². The topological polar surface area (TPSA) is 44.7 Å². The molecule has 4 nitrogen and oxygen atoms in total. The van der Waals surface area contributed by atoms with Crippen LogP contribution in [0.3, 0.4) is 0 Å². The fraction of sp³-hybridized carbons (Fsp3) is 0.652. The maximum absolute atomic E-state index is 12.7. The summed E-state index contributed by atoms with van der Waals surface area (Å²) in [6.07, 6.45) is 10.3. The molecule has 29 heavy (non-hydrogen) atoms. The zero-order chi connectivity index (χ0) is 19.8. The van der Waals surface area contributed by atoms with E-state index in [0.717, 1.165) is 30.8 Å². The van der Waals surface area contributed by atoms with Gasteiger partial charge < -0.3 is 10.2 Å². The molecule has 162 valence electrons. The van der Waals surface area contributed by atoms with Crippen molar-refractivity contribution in [2.45, 2.75) is 83.7 Å². The highest BCUT2D eigenvalue weighted by Gasteiger charge is 2.32. The minimum Gasteiger partial charge on any atom is -0.347 e. The quantitative estimate of drug-likeness (QED) is 0.550. The third-order valence-corrected chi connectivity index (χ3v) is 6.93. The lowest BCUT2D eigenvalue weighted by molar-refractivity contribution is -0.116. The van der Waals surface area contributed by atoms with E-state index in [1.165, 1.54) is 49.3 Å². The van der Waals surface area contributed by atoms with Crippen LogP contribution in [0.2, 0.25) is 0 Å². The molecule has 3 rings (SSSR count). The molecule has 1 saturated heterocycles. The van der Waals surface area contributed by atoms with Crippen molar-refractivity contribution in [1.29, 1.82) is 0 Å². The van der Waals surface area contributed by atoms with Crippen molar-refractivity contribution in [3.05, 3.63) is 29.8 Å². The summed E-state index contributed by atoms with van der Waals surface area (Å²) in [5.41, 5.74) is 2.18. The summed E-state index contributed by atoms with van der Waals surface area (Å²) in [6.45, 7) is 5.38. The van der Waals surface area contributed by atoms with Crippen molar-refractivity contribution >= 4 is 40.9 Å². The third kappa shape index (κ3) is 7.21. The number of carbonyl (C=O) groups excluding carboxylic acids is 1. The van der Waals surface area contributed by atoms with Crippen molar-refractivity contribution in [3.8, 4) is 0 Å². The van der Waals surface area contributed by atoms with E-state index >= 15 is 0 Å². The number of amides is 1. The van der Waals surface area contributed by atoms with Crippen LogP contribution in [0.4, 0.5) is 5.69 Å². The van der Waals surface area contributed by atoms with E-state index in [1.807, 2.05) is 23.9 Å². The number of thioether (sulfide) groups is 1. The molecule has 1 aromatic carbocycles. The van der Waals surface area contributed by atoms with E-state index in [-0.39, 0.29) is 24.4 Å². The number of nitrogens with zero attached hydrogens (tertiary/aromatic N) is 2. The lowest BCUT2D eigenvalue weighted by Gasteiger charge is -2.27. The summed E-state index contributed by atoms with van der Waals surface area (Å²) in [6, 6.07) is 8.93. The lowest BCUT2D eigenvalue weighted by Crippen LogP contribution is -2.38. The molecule has 1 atom stereocenters. The number of aliphatic imine (C=N–C) groups is 1. The molecule has 6 heteroatoms. The van der Waals surface area contributed by atoms with Gasteiger partial charge in [-0.05, 0) is 43.4 Å². The molecule has 1 aliphatic heterocycles. The maximum Gasteiger partial charge on any atom is 0.226 e. The Balaban J connectivity index is 0.00000300. The van der Waals surface area contributed by atoms with Crippen molar-refractivity contribution in [1.82, 2.24) is 4.90 Å². The average molecular weight is 438 g/mol. The SMILES string of the molecule is CCCCN1C(=NC2CCCCC2)SCC1CC(=O)Nc1ccc(CC)cc1.Cl. The zero-order valence-electron chi connectivity index (χ0n) is 17.9. The second-order valence-corrected chi connectivity index (χ2v) is 9.01. The number of amidine groups is 1. The number of halogens is 1. The van der Waals surface area contributed by atoms with E-state index in [0.29, 0.717) is 12.5 Å². The number of hydrogen-bond acceptors (Lipinski definition) is 3. The summed E-state index contributed by atoms with van der Waals surface area (Å²) >= 11 is 1.85. The van der Waals surface area contributed by atoms with Gasteiger partial charge in [0.25, 0.3) is 0 Å². The molecule has 1 heterocycles. The highest BCUT2D eigenvalue weighted by atomic mass is 35.5. The number of unbranched alkanes of at least 4 members (excludes halogenated alkanes) is 1. The first-order valence-electron chi connectivity index (χ1n) is 11.1. The summed E-state index contributed by atoms with van der Waals surface area (Å²) in [5.74, 6) is 1.08. The predicted octanol–water partition coefficient (Wildman–Crippen LogP) is 5.91. The fourth-order valence-corrected chi connectivity index (χ4v) is 5.27. The van der Waals surface area contributed by atoms with Crippen molar-refractivity contribution in [3.63, 3.8) is 0 Å². The molecule has 2 fully saturated rings. The van der Waals surface area contributed by atoms with Crippen LogP contribution in [0.5, 0.6) is 0 Å². The van der Waals surface area contributed by atoms with E-state index in [4.69, 9.17) is 4.99 Å². The van der Waals surface area contributed by atoms with E-state index < -0.39 is 0 Å². The summed E-state index contributed by atoms with van der Waals surface area (Å²) in [4.78, 5) is 20.2. The van der Waals surface area contributed by atoms with Gasteiger partial charge in [-0.15, -0.1) is 12.4 Å². The van der Waals surface area contributed by atoms with Crippen LogP contribution in [0.15, 0.2) is 29.3 Å². The number of hydrogen-bond donors (Lipinski definition) is 1. The van der Waals surface area contributed by atoms with Crippen LogP contribution >= 0.6 is 24.2 Å². The Kier molecular flexibility index (Phi) is 10.4. The molecule has 0 aromatic heterocycles. The molecule has 1 aromatic rings. The van der Waals surface area contributed by atoms with Crippen LogP contribution < -0.4 is 5.32 Å². The summed E-state index contributed by atoms with van der Waals surface area (Å²) in [7, 11) is 0. The van der Waals surface area contributed by atoms with Gasteiger partial charge in [0.05, 0.1) is 6.04 Å². The Morgan fingerprint density at radius 3 is 2.55 bits per heavy atom. The first-order valence-corrected chi connectivity index (χ1v) is 12.0. The third-order valence-electron chi connectivity index (χ3n) is 5.78. The lowest BCUT2D eigenvalue weighted by atomic mass is 9.96. The smallest absolute Gasteiger partial charge is 0.226 e. The Morgan fingerprint density at radius 2 is 1.90 bits per heavy atom. The Labute approximate surface area is 186 Å². The molecule has 0 radical (unpaired) electrons. The number of aryl methyl sites for hydroxylation is 1. The standard InChI is InChI=1S/C23H35N3OS.ClH/c1-3-5-15-26-21(17-28-23(26)25-19-9-7-6-8-10-19)16-22(27)24-20-13-11-18(4-2)12-14-20;/h11-14,19,21H,3-10,15-17H2,1-2H3,(H,24,27);1H. The molecule has 1 unspecified atom stereocenters. The molecule has 1 saturated carbocycles. The minimum atomic E-state index is 0. The van der Waals surface area contributed by atoms with Crippen LogP contribution in [0.1, 0.15) is 70.8 Å². The highest BCUT2D eigenvalue weighted by Crippen LogP contribution is 2.30. The van der Waals surface area contributed by atoms with Crippen LogP contribution in [0.25, 0.3) is 0 Å². The molecule has 1 aliphatic carbocycles. The average Bonchev–Trinajstić information content (AvgIpc) is 3.08. The van der Waals surface area contributed by atoms with E-state index in [2.05, 4.69) is 36.2 Å². The highest BCUT2D eigenvalue weighted by molar-refractivity contribution is 8.14. The van der Waals surface area contributed by atoms with Gasteiger partial charge in [0, 0.05) is 30.4 Å². The largest absolute Gasteiger partial charge is 0.347 e. The van der Waals surface area contributed by atoms with Crippen molar-refractivity contribution in [2.24, 2.45) is 4.99 Å². The monoisotopic (exact) mass is 437 g/mol. The van der Waals surface area contributed by atoms with Crippen molar-refractivity contribution in [2.75, 3.05) is 17.6 Å². The van der Waals surface area contributed by atoms with Crippen molar-refractivity contribution < 1.29 is 4.79 Å². The second kappa shape index (κ2) is 12.5. The van der Waals surface area contributed by atoms with Gasteiger partial charge in [0.1, 0.15) is 0 Å². The number of anilines is 1. The molecule has 1 N–H and O–H groups in total. The number of carbonyl (C=O) groups is 1.